The predicted molar refractivity (Wildman–Crippen MR) is 86.0 cm³/mol. The van der Waals surface area contributed by atoms with Crippen LogP contribution in [0.1, 0.15) is 12.6 Å². The Bertz CT molecular complexity index is 790. The van der Waals surface area contributed by atoms with Crippen LogP contribution in [0.5, 0.6) is 0 Å². The van der Waals surface area contributed by atoms with E-state index in [0.717, 1.165) is 34.1 Å². The Morgan fingerprint density at radius 2 is 1.95 bits per heavy atom. The van der Waals surface area contributed by atoms with Crippen molar-refractivity contribution in [2.75, 3.05) is 5.73 Å². The van der Waals surface area contributed by atoms with Gasteiger partial charge >= 0.3 is 0 Å². The fourth-order valence-electron chi connectivity index (χ4n) is 2.38. The van der Waals surface area contributed by atoms with Crippen LogP contribution in [0.25, 0.3) is 22.0 Å². The third kappa shape index (κ3) is 2.81. The van der Waals surface area contributed by atoms with Crippen molar-refractivity contribution < 1.29 is 4.39 Å². The van der Waals surface area contributed by atoms with Crippen LogP contribution in [0.2, 0.25) is 0 Å². The van der Waals surface area contributed by atoms with Crippen molar-refractivity contribution >= 4 is 29.1 Å². The predicted octanol–water partition coefficient (Wildman–Crippen LogP) is 4.00. The molecule has 0 atom stereocenters. The average molecular weight is 304 g/mol. The molecule has 2 heterocycles. The number of fused-ring (bicyclic) bond motifs is 1. The molecule has 0 aliphatic carbocycles. The highest BCUT2D eigenvalue weighted by Crippen LogP contribution is 2.30. The van der Waals surface area contributed by atoms with Crippen molar-refractivity contribution in [2.24, 2.45) is 0 Å². The van der Waals surface area contributed by atoms with Gasteiger partial charge in [-0.2, -0.15) is 0 Å². The highest BCUT2D eigenvalue weighted by atomic mass is 35.5. The summed E-state index contributed by atoms with van der Waals surface area (Å²) in [4.78, 5) is 8.59. The lowest BCUT2D eigenvalue weighted by Crippen LogP contribution is -1.98. The molecule has 0 amide bonds. The molecule has 0 aliphatic rings. The molecule has 0 saturated heterocycles. The Kier molecular flexibility index (Phi) is 4.38. The number of nitrogens with zero attached hydrogens (tertiary/aromatic N) is 2. The number of anilines is 1. The molecule has 0 unspecified atom stereocenters. The third-order valence-electron chi connectivity index (χ3n) is 3.30. The number of nitrogen functional groups attached to an aromatic ring is 1. The van der Waals surface area contributed by atoms with Gasteiger partial charge in [0.2, 0.25) is 0 Å². The number of benzene rings is 1. The Morgan fingerprint density at radius 3 is 2.71 bits per heavy atom. The molecule has 0 spiro atoms. The first-order valence-electron chi connectivity index (χ1n) is 6.49. The third-order valence-corrected chi connectivity index (χ3v) is 3.30. The lowest BCUT2D eigenvalue weighted by atomic mass is 9.99. The van der Waals surface area contributed by atoms with Crippen LogP contribution in [-0.4, -0.2) is 9.97 Å². The van der Waals surface area contributed by atoms with Crippen LogP contribution in [0.15, 0.2) is 42.6 Å². The van der Waals surface area contributed by atoms with Gasteiger partial charge in [-0.1, -0.05) is 25.1 Å². The van der Waals surface area contributed by atoms with E-state index in [1.54, 1.807) is 6.07 Å². The summed E-state index contributed by atoms with van der Waals surface area (Å²) < 4.78 is 13.3. The van der Waals surface area contributed by atoms with Gasteiger partial charge in [0.25, 0.3) is 0 Å². The highest BCUT2D eigenvalue weighted by Gasteiger charge is 2.10. The van der Waals surface area contributed by atoms with Crippen molar-refractivity contribution in [2.45, 2.75) is 13.3 Å². The topological polar surface area (TPSA) is 51.8 Å². The second kappa shape index (κ2) is 6.06. The molecule has 3 nitrogen and oxygen atoms in total. The summed E-state index contributed by atoms with van der Waals surface area (Å²) in [5.41, 5.74) is 9.37. The van der Waals surface area contributed by atoms with Gasteiger partial charge in [-0.05, 0) is 24.6 Å². The Labute approximate surface area is 128 Å². The number of hydrogen-bond acceptors (Lipinski definition) is 3. The second-order valence-corrected chi connectivity index (χ2v) is 4.61. The summed E-state index contributed by atoms with van der Waals surface area (Å²) in [7, 11) is 0. The minimum Gasteiger partial charge on any atom is -0.384 e. The number of pyridine rings is 2. The highest BCUT2D eigenvalue weighted by molar-refractivity contribution is 5.94. The van der Waals surface area contributed by atoms with Crippen LogP contribution in [-0.2, 0) is 6.42 Å². The maximum atomic E-state index is 13.3. The first-order valence-corrected chi connectivity index (χ1v) is 6.49. The van der Waals surface area contributed by atoms with Gasteiger partial charge in [-0.25, -0.2) is 9.37 Å². The molecule has 3 aromatic rings. The normalized spacial score (nSPS) is 10.4. The molecular weight excluding hydrogens is 289 g/mol. The standard InChI is InChI=1S/C16H14FN3.ClH/c1-2-14-12(6-7-15(18)20-14)13-5-3-4-10-8-11(17)9-19-16(10)13;/h3-9H,2H2,1H3,(H2,18,20);1H. The van der Waals surface area contributed by atoms with E-state index in [9.17, 15) is 4.39 Å². The smallest absolute Gasteiger partial charge is 0.142 e. The molecule has 0 fully saturated rings. The molecule has 2 N–H and O–H groups in total. The zero-order valence-corrected chi connectivity index (χ0v) is 12.3. The van der Waals surface area contributed by atoms with E-state index >= 15 is 0 Å². The van der Waals surface area contributed by atoms with Crippen molar-refractivity contribution in [3.8, 4) is 11.1 Å². The monoisotopic (exact) mass is 303 g/mol. The molecule has 3 rings (SSSR count). The number of para-hydroxylation sites is 1. The maximum Gasteiger partial charge on any atom is 0.142 e. The summed E-state index contributed by atoms with van der Waals surface area (Å²) in [5.74, 6) is 0.172. The molecule has 1 aromatic carbocycles. The van der Waals surface area contributed by atoms with E-state index in [0.29, 0.717) is 5.82 Å². The molecule has 2 aromatic heterocycles. The zero-order valence-electron chi connectivity index (χ0n) is 11.5. The molecule has 0 saturated carbocycles. The van der Waals surface area contributed by atoms with Crippen molar-refractivity contribution in [3.05, 3.63) is 54.1 Å². The number of rotatable bonds is 2. The van der Waals surface area contributed by atoms with Gasteiger partial charge in [0, 0.05) is 16.5 Å². The fraction of sp³-hybridized carbons (Fsp3) is 0.125. The minimum atomic E-state index is -0.333. The summed E-state index contributed by atoms with van der Waals surface area (Å²) >= 11 is 0. The van der Waals surface area contributed by atoms with Gasteiger partial charge in [-0.15, -0.1) is 12.4 Å². The van der Waals surface area contributed by atoms with Crippen LogP contribution >= 0.6 is 12.4 Å². The molecule has 0 aliphatic heterocycles. The summed E-state index contributed by atoms with van der Waals surface area (Å²) in [6.45, 7) is 2.03. The second-order valence-electron chi connectivity index (χ2n) is 4.61. The lowest BCUT2D eigenvalue weighted by molar-refractivity contribution is 0.624. The molecule has 0 bridgehead atoms. The quantitative estimate of drug-likeness (QED) is 0.778. The van der Waals surface area contributed by atoms with E-state index < -0.39 is 0 Å². The number of halogens is 2. The van der Waals surface area contributed by atoms with Gasteiger partial charge in [0.05, 0.1) is 17.4 Å². The summed E-state index contributed by atoms with van der Waals surface area (Å²) in [5, 5.41) is 0.779. The van der Waals surface area contributed by atoms with Crippen LogP contribution in [0.3, 0.4) is 0 Å². The molecule has 108 valence electrons. The number of hydrogen-bond donors (Lipinski definition) is 1. The SMILES string of the molecule is CCc1nc(N)ccc1-c1cccc2cc(F)cnc12.Cl. The van der Waals surface area contributed by atoms with E-state index in [1.807, 2.05) is 31.2 Å². The summed E-state index contributed by atoms with van der Waals surface area (Å²) in [6, 6.07) is 10.9. The number of aromatic nitrogens is 2. The molecule has 0 radical (unpaired) electrons. The summed E-state index contributed by atoms with van der Waals surface area (Å²) in [6.07, 6.45) is 2.01. The first-order chi connectivity index (χ1) is 9.69. The van der Waals surface area contributed by atoms with Crippen molar-refractivity contribution in [1.82, 2.24) is 9.97 Å². The molecule has 21 heavy (non-hydrogen) atoms. The van der Waals surface area contributed by atoms with Gasteiger partial charge in [0.15, 0.2) is 0 Å². The van der Waals surface area contributed by atoms with Gasteiger partial charge < -0.3 is 5.73 Å². The largest absolute Gasteiger partial charge is 0.384 e. The average Bonchev–Trinajstić information content (AvgIpc) is 2.46. The van der Waals surface area contributed by atoms with Gasteiger partial charge in [-0.3, -0.25) is 4.98 Å². The van der Waals surface area contributed by atoms with Gasteiger partial charge in [0.1, 0.15) is 11.6 Å². The van der Waals surface area contributed by atoms with E-state index in [-0.39, 0.29) is 18.2 Å². The van der Waals surface area contributed by atoms with Crippen LogP contribution in [0.4, 0.5) is 10.2 Å². The maximum absolute atomic E-state index is 13.3. The lowest BCUT2D eigenvalue weighted by Gasteiger charge is -2.10. The zero-order chi connectivity index (χ0) is 14.1. The Morgan fingerprint density at radius 1 is 1.14 bits per heavy atom. The van der Waals surface area contributed by atoms with Crippen molar-refractivity contribution in [3.63, 3.8) is 0 Å². The van der Waals surface area contributed by atoms with E-state index in [2.05, 4.69) is 9.97 Å². The Balaban J connectivity index is 0.00000161. The number of aryl methyl sites for hydroxylation is 1. The molecule has 5 heteroatoms. The van der Waals surface area contributed by atoms with Crippen molar-refractivity contribution in [1.29, 1.82) is 0 Å². The van der Waals surface area contributed by atoms with Crippen LogP contribution < -0.4 is 5.73 Å². The minimum absolute atomic E-state index is 0. The fourth-order valence-corrected chi connectivity index (χ4v) is 2.38. The van der Waals surface area contributed by atoms with Crippen LogP contribution in [0, 0.1) is 5.82 Å². The van der Waals surface area contributed by atoms with E-state index in [4.69, 9.17) is 5.73 Å². The first kappa shape index (κ1) is 15.2. The Hall–Kier alpha value is -2.20. The molecular formula is C16H15ClFN3. The number of nitrogens with two attached hydrogens (primary N) is 1. The van der Waals surface area contributed by atoms with E-state index in [1.165, 1.54) is 12.3 Å².